The third-order valence-corrected chi connectivity index (χ3v) is 5.59. The third-order valence-electron chi connectivity index (χ3n) is 3.21. The van der Waals surface area contributed by atoms with Gasteiger partial charge in [0, 0.05) is 38.3 Å². The fourth-order valence-corrected chi connectivity index (χ4v) is 3.91. The third kappa shape index (κ3) is 2.93. The zero-order valence-corrected chi connectivity index (χ0v) is 12.4. The zero-order valence-electron chi connectivity index (χ0n) is 10.8. The SMILES string of the molecule is CN1CCN(S(=O)(=O)c2ccc([N+](=O)[O-])cc2Cl)CC1. The Kier molecular flexibility index (Phi) is 4.28. The normalized spacial score (nSPS) is 18.1. The molecule has 0 saturated carbocycles. The van der Waals surface area contributed by atoms with Crippen molar-refractivity contribution in [1.29, 1.82) is 0 Å². The topological polar surface area (TPSA) is 83.8 Å². The maximum Gasteiger partial charge on any atom is 0.271 e. The maximum absolute atomic E-state index is 12.4. The zero-order chi connectivity index (χ0) is 14.9. The quantitative estimate of drug-likeness (QED) is 0.617. The van der Waals surface area contributed by atoms with Crippen molar-refractivity contribution in [3.05, 3.63) is 33.3 Å². The van der Waals surface area contributed by atoms with Crippen molar-refractivity contribution in [2.45, 2.75) is 4.90 Å². The number of rotatable bonds is 3. The van der Waals surface area contributed by atoms with Gasteiger partial charge in [0.2, 0.25) is 10.0 Å². The molecule has 110 valence electrons. The number of likely N-dealkylation sites (N-methyl/N-ethyl adjacent to an activating group) is 1. The predicted octanol–water partition coefficient (Wildman–Crippen LogP) is 1.18. The molecule has 0 unspecified atom stereocenters. The van der Waals surface area contributed by atoms with E-state index in [-0.39, 0.29) is 15.6 Å². The summed E-state index contributed by atoms with van der Waals surface area (Å²) in [5.74, 6) is 0. The highest BCUT2D eigenvalue weighted by Gasteiger charge is 2.29. The Morgan fingerprint density at radius 2 is 1.85 bits per heavy atom. The van der Waals surface area contributed by atoms with E-state index in [0.29, 0.717) is 26.2 Å². The first-order valence-electron chi connectivity index (χ1n) is 5.95. The molecule has 1 aliphatic rings. The standard InChI is InChI=1S/C11H14ClN3O4S/c1-13-4-6-14(7-5-13)20(18,19)11-3-2-9(15(16)17)8-10(11)12/h2-3,8H,4-7H2,1H3. The summed E-state index contributed by atoms with van der Waals surface area (Å²) in [4.78, 5) is 12.0. The molecule has 0 amide bonds. The summed E-state index contributed by atoms with van der Waals surface area (Å²) in [6.45, 7) is 2.05. The molecule has 7 nitrogen and oxygen atoms in total. The first-order valence-corrected chi connectivity index (χ1v) is 7.77. The molecule has 0 bridgehead atoms. The van der Waals surface area contributed by atoms with E-state index < -0.39 is 14.9 Å². The van der Waals surface area contributed by atoms with Gasteiger partial charge in [-0.25, -0.2) is 8.42 Å². The highest BCUT2D eigenvalue weighted by molar-refractivity contribution is 7.89. The van der Waals surface area contributed by atoms with Crippen molar-refractivity contribution in [3.63, 3.8) is 0 Å². The molecule has 1 aromatic rings. The molecule has 20 heavy (non-hydrogen) atoms. The van der Waals surface area contributed by atoms with Crippen molar-refractivity contribution >= 4 is 27.3 Å². The van der Waals surface area contributed by atoms with Crippen molar-refractivity contribution in [3.8, 4) is 0 Å². The van der Waals surface area contributed by atoms with Crippen LogP contribution in [0.5, 0.6) is 0 Å². The van der Waals surface area contributed by atoms with Crippen LogP contribution in [-0.4, -0.2) is 55.8 Å². The number of nitro groups is 1. The number of hydrogen-bond acceptors (Lipinski definition) is 5. The number of halogens is 1. The Labute approximate surface area is 121 Å². The van der Waals surface area contributed by atoms with Gasteiger partial charge in [-0.15, -0.1) is 0 Å². The highest BCUT2D eigenvalue weighted by atomic mass is 35.5. The molecule has 1 aromatic carbocycles. The van der Waals surface area contributed by atoms with Crippen molar-refractivity contribution in [2.75, 3.05) is 33.2 Å². The molecule has 2 rings (SSSR count). The minimum absolute atomic E-state index is 0.0886. The van der Waals surface area contributed by atoms with Gasteiger partial charge in [0.05, 0.1) is 9.95 Å². The first kappa shape index (κ1) is 15.2. The van der Waals surface area contributed by atoms with Crippen LogP contribution in [0.4, 0.5) is 5.69 Å². The van der Waals surface area contributed by atoms with E-state index in [0.717, 1.165) is 12.1 Å². The number of piperazine rings is 1. The van der Waals surface area contributed by atoms with Gasteiger partial charge in [0.25, 0.3) is 5.69 Å². The number of sulfonamides is 1. The van der Waals surface area contributed by atoms with Gasteiger partial charge in [0.15, 0.2) is 0 Å². The van der Waals surface area contributed by atoms with Crippen LogP contribution in [0.2, 0.25) is 5.02 Å². The van der Waals surface area contributed by atoms with Crippen LogP contribution in [0.1, 0.15) is 0 Å². The summed E-state index contributed by atoms with van der Waals surface area (Å²) >= 11 is 5.89. The predicted molar refractivity (Wildman–Crippen MR) is 74.4 cm³/mol. The molecule has 0 atom stereocenters. The maximum atomic E-state index is 12.4. The summed E-state index contributed by atoms with van der Waals surface area (Å²) in [7, 11) is -1.79. The van der Waals surface area contributed by atoms with Crippen molar-refractivity contribution in [2.24, 2.45) is 0 Å². The van der Waals surface area contributed by atoms with E-state index in [1.54, 1.807) is 0 Å². The van der Waals surface area contributed by atoms with Crippen LogP contribution in [0.15, 0.2) is 23.1 Å². The lowest BCUT2D eigenvalue weighted by Crippen LogP contribution is -2.47. The van der Waals surface area contributed by atoms with E-state index in [4.69, 9.17) is 11.6 Å². The Bertz CT molecular complexity index is 627. The highest BCUT2D eigenvalue weighted by Crippen LogP contribution is 2.28. The minimum Gasteiger partial charge on any atom is -0.304 e. The second kappa shape index (κ2) is 5.65. The van der Waals surface area contributed by atoms with E-state index in [9.17, 15) is 18.5 Å². The van der Waals surface area contributed by atoms with Gasteiger partial charge in [-0.05, 0) is 13.1 Å². The molecule has 1 heterocycles. The fraction of sp³-hybridized carbons (Fsp3) is 0.455. The summed E-state index contributed by atoms with van der Waals surface area (Å²) in [6.07, 6.45) is 0. The van der Waals surface area contributed by atoms with Gasteiger partial charge in [-0.2, -0.15) is 4.31 Å². The minimum atomic E-state index is -3.71. The molecule has 1 aliphatic heterocycles. The van der Waals surface area contributed by atoms with E-state index in [1.807, 2.05) is 11.9 Å². The summed E-state index contributed by atoms with van der Waals surface area (Å²) in [5, 5.41) is 10.5. The molecule has 0 N–H and O–H groups in total. The average molecular weight is 320 g/mol. The van der Waals surface area contributed by atoms with Gasteiger partial charge in [0.1, 0.15) is 4.90 Å². The monoisotopic (exact) mass is 319 g/mol. The van der Waals surface area contributed by atoms with Crippen molar-refractivity contribution < 1.29 is 13.3 Å². The van der Waals surface area contributed by atoms with Crippen LogP contribution in [0.25, 0.3) is 0 Å². The second-order valence-corrected chi connectivity index (χ2v) is 6.89. The summed E-state index contributed by atoms with van der Waals surface area (Å²) in [6, 6.07) is 3.40. The Morgan fingerprint density at radius 3 is 2.35 bits per heavy atom. The van der Waals surface area contributed by atoms with Crippen molar-refractivity contribution in [1.82, 2.24) is 9.21 Å². The number of hydrogen-bond donors (Lipinski definition) is 0. The second-order valence-electron chi connectivity index (χ2n) is 4.58. The Morgan fingerprint density at radius 1 is 1.25 bits per heavy atom. The first-order chi connectivity index (χ1) is 9.32. The molecule has 0 aromatic heterocycles. The van der Waals surface area contributed by atoms with Gasteiger partial charge in [-0.3, -0.25) is 10.1 Å². The van der Waals surface area contributed by atoms with Gasteiger partial charge < -0.3 is 4.90 Å². The van der Waals surface area contributed by atoms with E-state index in [1.165, 1.54) is 10.4 Å². The lowest BCUT2D eigenvalue weighted by atomic mass is 10.3. The lowest BCUT2D eigenvalue weighted by molar-refractivity contribution is -0.384. The number of nitrogens with zero attached hydrogens (tertiary/aromatic N) is 3. The van der Waals surface area contributed by atoms with Gasteiger partial charge in [-0.1, -0.05) is 11.6 Å². The summed E-state index contributed by atoms with van der Waals surface area (Å²) in [5.41, 5.74) is -0.229. The average Bonchev–Trinajstić information content (AvgIpc) is 2.38. The van der Waals surface area contributed by atoms with E-state index >= 15 is 0 Å². The fourth-order valence-electron chi connectivity index (χ4n) is 1.98. The number of benzene rings is 1. The van der Waals surface area contributed by atoms with Crippen LogP contribution in [0, 0.1) is 10.1 Å². The molecule has 1 saturated heterocycles. The molecule has 0 radical (unpaired) electrons. The van der Waals surface area contributed by atoms with Crippen LogP contribution in [0.3, 0.4) is 0 Å². The Hall–Kier alpha value is -1.22. The molecule has 0 spiro atoms. The summed E-state index contributed by atoms with van der Waals surface area (Å²) < 4.78 is 26.2. The molecule has 9 heteroatoms. The molecule has 1 fully saturated rings. The Balaban J connectivity index is 2.32. The number of nitro benzene ring substituents is 1. The molecular weight excluding hydrogens is 306 g/mol. The molecule has 0 aliphatic carbocycles. The van der Waals surface area contributed by atoms with Crippen LogP contribution < -0.4 is 0 Å². The number of non-ortho nitro benzene ring substituents is 1. The van der Waals surface area contributed by atoms with E-state index in [2.05, 4.69) is 0 Å². The smallest absolute Gasteiger partial charge is 0.271 e. The molecular formula is C11H14ClN3O4S. The largest absolute Gasteiger partial charge is 0.304 e. The lowest BCUT2D eigenvalue weighted by Gasteiger charge is -2.31. The van der Waals surface area contributed by atoms with Crippen LogP contribution >= 0.6 is 11.6 Å². The van der Waals surface area contributed by atoms with Crippen LogP contribution in [-0.2, 0) is 10.0 Å². The van der Waals surface area contributed by atoms with Gasteiger partial charge >= 0.3 is 0 Å².